The minimum absolute atomic E-state index is 0.224. The highest BCUT2D eigenvalue weighted by atomic mass is 16.6. The summed E-state index contributed by atoms with van der Waals surface area (Å²) in [5, 5.41) is 8.74. The van der Waals surface area contributed by atoms with Gasteiger partial charge in [0.15, 0.2) is 18.0 Å². The van der Waals surface area contributed by atoms with Crippen LogP contribution < -0.4 is 15.4 Å². The quantitative estimate of drug-likeness (QED) is 0.779. The summed E-state index contributed by atoms with van der Waals surface area (Å²) in [6.07, 6.45) is -2.41. The minimum atomic E-state index is -1.07. The van der Waals surface area contributed by atoms with Gasteiger partial charge in [0.2, 0.25) is 0 Å². The summed E-state index contributed by atoms with van der Waals surface area (Å²) in [7, 11) is 0. The number of esters is 1. The Morgan fingerprint density at radius 2 is 2.15 bits per heavy atom. The van der Waals surface area contributed by atoms with Crippen molar-refractivity contribution in [2.75, 3.05) is 10.6 Å². The van der Waals surface area contributed by atoms with Gasteiger partial charge in [0.1, 0.15) is 11.5 Å². The first-order valence-electron chi connectivity index (χ1n) is 7.92. The lowest BCUT2D eigenvalue weighted by molar-refractivity contribution is -0.155. The number of amides is 2. The van der Waals surface area contributed by atoms with E-state index in [4.69, 9.17) is 14.0 Å². The SMILES string of the molecule is Cc1cc(NC(=O)[C@@H](C)OC(=O)C[C@@H]2Oc3ccccc3NC2=O)no1. The molecule has 0 spiro atoms. The van der Waals surface area contributed by atoms with E-state index in [0.717, 1.165) is 0 Å². The van der Waals surface area contributed by atoms with Crippen LogP contribution >= 0.6 is 0 Å². The standard InChI is InChI=1S/C17H17N3O6/c1-9-7-14(20-26-9)19-16(22)10(2)24-15(21)8-13-17(23)18-11-5-3-4-6-12(11)25-13/h3-7,10,13H,8H2,1-2H3,(H,18,23)(H,19,20,22)/t10-,13+/m1/s1. The van der Waals surface area contributed by atoms with Crippen LogP contribution in [0.15, 0.2) is 34.9 Å². The normalized spacial score (nSPS) is 16.7. The van der Waals surface area contributed by atoms with Crippen molar-refractivity contribution < 1.29 is 28.4 Å². The predicted octanol–water partition coefficient (Wildman–Crippen LogP) is 1.64. The monoisotopic (exact) mass is 359 g/mol. The van der Waals surface area contributed by atoms with Crippen LogP contribution in [-0.2, 0) is 19.1 Å². The van der Waals surface area contributed by atoms with Gasteiger partial charge in [-0.15, -0.1) is 0 Å². The van der Waals surface area contributed by atoms with E-state index < -0.39 is 30.0 Å². The van der Waals surface area contributed by atoms with Gasteiger partial charge in [-0.05, 0) is 26.0 Å². The number of ether oxygens (including phenoxy) is 2. The van der Waals surface area contributed by atoms with Crippen LogP contribution in [0.2, 0.25) is 0 Å². The van der Waals surface area contributed by atoms with Crippen LogP contribution in [0.1, 0.15) is 19.1 Å². The molecule has 0 radical (unpaired) electrons. The highest BCUT2D eigenvalue weighted by Gasteiger charge is 2.31. The largest absolute Gasteiger partial charge is 0.478 e. The topological polar surface area (TPSA) is 120 Å². The molecule has 0 unspecified atom stereocenters. The van der Waals surface area contributed by atoms with Gasteiger partial charge < -0.3 is 24.6 Å². The van der Waals surface area contributed by atoms with Crippen molar-refractivity contribution in [3.05, 3.63) is 36.1 Å². The van der Waals surface area contributed by atoms with Crippen molar-refractivity contribution in [3.8, 4) is 5.75 Å². The maximum absolute atomic E-state index is 12.0. The summed E-state index contributed by atoms with van der Waals surface area (Å²) in [4.78, 5) is 36.1. The first-order chi connectivity index (χ1) is 12.4. The van der Waals surface area contributed by atoms with Gasteiger partial charge in [-0.25, -0.2) is 0 Å². The molecule has 1 aliphatic rings. The second-order valence-electron chi connectivity index (χ2n) is 5.74. The first kappa shape index (κ1) is 17.5. The molecule has 0 fully saturated rings. The Labute approximate surface area is 148 Å². The Kier molecular flexibility index (Phi) is 4.87. The molecule has 2 N–H and O–H groups in total. The summed E-state index contributed by atoms with van der Waals surface area (Å²) in [5.74, 6) is -0.518. The number of carbonyl (C=O) groups is 3. The fourth-order valence-corrected chi connectivity index (χ4v) is 2.33. The zero-order valence-electron chi connectivity index (χ0n) is 14.1. The van der Waals surface area contributed by atoms with E-state index in [1.165, 1.54) is 13.0 Å². The van der Waals surface area contributed by atoms with Gasteiger partial charge in [0.05, 0.1) is 12.1 Å². The van der Waals surface area contributed by atoms with Gasteiger partial charge in [0.25, 0.3) is 11.8 Å². The highest BCUT2D eigenvalue weighted by Crippen LogP contribution is 2.29. The first-order valence-corrected chi connectivity index (χ1v) is 7.92. The van der Waals surface area contributed by atoms with Crippen molar-refractivity contribution >= 4 is 29.3 Å². The Balaban J connectivity index is 1.53. The van der Waals surface area contributed by atoms with Crippen LogP contribution in [-0.4, -0.2) is 35.1 Å². The van der Waals surface area contributed by atoms with Crippen LogP contribution in [0, 0.1) is 6.92 Å². The number of para-hydroxylation sites is 2. The summed E-state index contributed by atoms with van der Waals surface area (Å²) < 4.78 is 15.4. The molecule has 2 atom stereocenters. The molecule has 2 amide bonds. The molecule has 9 nitrogen and oxygen atoms in total. The van der Waals surface area contributed by atoms with Gasteiger partial charge in [-0.1, -0.05) is 17.3 Å². The lowest BCUT2D eigenvalue weighted by Gasteiger charge is -2.25. The summed E-state index contributed by atoms with van der Waals surface area (Å²) in [6, 6.07) is 8.42. The molecule has 3 rings (SSSR count). The summed E-state index contributed by atoms with van der Waals surface area (Å²) in [5.41, 5.74) is 0.540. The van der Waals surface area contributed by atoms with E-state index in [0.29, 0.717) is 17.2 Å². The van der Waals surface area contributed by atoms with Crippen LogP contribution in [0.3, 0.4) is 0 Å². The summed E-state index contributed by atoms with van der Waals surface area (Å²) in [6.45, 7) is 3.09. The number of nitrogens with one attached hydrogen (secondary N) is 2. The van der Waals surface area contributed by atoms with Crippen molar-refractivity contribution in [3.63, 3.8) is 0 Å². The molecule has 0 aliphatic carbocycles. The molecule has 0 saturated heterocycles. The molecule has 1 aromatic carbocycles. The van der Waals surface area contributed by atoms with Gasteiger partial charge in [-0.3, -0.25) is 14.4 Å². The molecule has 2 aromatic rings. The van der Waals surface area contributed by atoms with Crippen LogP contribution in [0.25, 0.3) is 0 Å². The molecule has 1 aliphatic heterocycles. The van der Waals surface area contributed by atoms with Crippen molar-refractivity contribution in [1.82, 2.24) is 5.16 Å². The molecule has 0 saturated carbocycles. The third kappa shape index (κ3) is 4.00. The second-order valence-corrected chi connectivity index (χ2v) is 5.74. The molecule has 136 valence electrons. The number of carbonyl (C=O) groups excluding carboxylic acids is 3. The molecule has 0 bridgehead atoms. The number of fused-ring (bicyclic) bond motifs is 1. The van der Waals surface area contributed by atoms with Gasteiger partial charge in [0, 0.05) is 6.07 Å². The predicted molar refractivity (Wildman–Crippen MR) is 89.5 cm³/mol. The lowest BCUT2D eigenvalue weighted by Crippen LogP contribution is -2.40. The zero-order valence-corrected chi connectivity index (χ0v) is 14.1. The Bertz CT molecular complexity index is 847. The molecular weight excluding hydrogens is 342 g/mol. The maximum atomic E-state index is 12.0. The number of aromatic nitrogens is 1. The third-order valence-corrected chi connectivity index (χ3v) is 3.62. The Morgan fingerprint density at radius 1 is 1.38 bits per heavy atom. The van der Waals surface area contributed by atoms with Crippen LogP contribution in [0.5, 0.6) is 5.75 Å². The fourth-order valence-electron chi connectivity index (χ4n) is 2.33. The fraction of sp³-hybridized carbons (Fsp3) is 0.294. The molecular formula is C17H17N3O6. The van der Waals surface area contributed by atoms with Gasteiger partial charge >= 0.3 is 5.97 Å². The summed E-state index contributed by atoms with van der Waals surface area (Å²) >= 11 is 0. The molecule has 1 aromatic heterocycles. The van der Waals surface area contributed by atoms with Gasteiger partial charge in [-0.2, -0.15) is 0 Å². The lowest BCUT2D eigenvalue weighted by atomic mass is 10.1. The molecule has 9 heteroatoms. The van der Waals surface area contributed by atoms with Crippen LogP contribution in [0.4, 0.5) is 11.5 Å². The number of anilines is 2. The number of nitrogens with zero attached hydrogens (tertiary/aromatic N) is 1. The maximum Gasteiger partial charge on any atom is 0.310 e. The molecule has 26 heavy (non-hydrogen) atoms. The van der Waals surface area contributed by atoms with E-state index in [9.17, 15) is 14.4 Å². The van der Waals surface area contributed by atoms with E-state index in [-0.39, 0.29) is 12.2 Å². The minimum Gasteiger partial charge on any atom is -0.478 e. The van der Waals surface area contributed by atoms with E-state index in [1.54, 1.807) is 31.2 Å². The number of benzene rings is 1. The zero-order chi connectivity index (χ0) is 18.7. The smallest absolute Gasteiger partial charge is 0.310 e. The van der Waals surface area contributed by atoms with Crippen molar-refractivity contribution in [2.45, 2.75) is 32.5 Å². The Morgan fingerprint density at radius 3 is 2.88 bits per heavy atom. The second kappa shape index (κ2) is 7.26. The Hall–Kier alpha value is -3.36. The average molecular weight is 359 g/mol. The highest BCUT2D eigenvalue weighted by molar-refractivity contribution is 6.00. The number of hydrogen-bond acceptors (Lipinski definition) is 7. The van der Waals surface area contributed by atoms with E-state index in [2.05, 4.69) is 15.8 Å². The average Bonchev–Trinajstić information content (AvgIpc) is 3.00. The number of aryl methyl sites for hydroxylation is 1. The van der Waals surface area contributed by atoms with E-state index >= 15 is 0 Å². The van der Waals surface area contributed by atoms with Crippen molar-refractivity contribution in [1.29, 1.82) is 0 Å². The molecule has 2 heterocycles. The van der Waals surface area contributed by atoms with E-state index in [1.807, 2.05) is 0 Å². The number of rotatable bonds is 5. The number of hydrogen-bond donors (Lipinski definition) is 2. The van der Waals surface area contributed by atoms with Crippen molar-refractivity contribution in [2.24, 2.45) is 0 Å². The third-order valence-electron chi connectivity index (χ3n) is 3.62.